The normalized spacial score (nSPS) is 10.3. The van der Waals surface area contributed by atoms with Gasteiger partial charge < -0.3 is 9.47 Å². The zero-order chi connectivity index (χ0) is 18.5. The number of nitrogens with zero attached hydrogens (tertiary/aromatic N) is 4. The minimum Gasteiger partial charge on any atom is -0.332 e. The van der Waals surface area contributed by atoms with Crippen molar-refractivity contribution in [1.82, 2.24) is 9.47 Å². The van der Waals surface area contributed by atoms with Crippen LogP contribution in [0.1, 0.15) is 16.1 Å². The lowest BCUT2D eigenvalue weighted by Gasteiger charge is -2.18. The molecule has 0 saturated carbocycles. The SMILES string of the molecule is N#CCN(CC#N)C(=O)c1cc2ccccc2n1Cc1ccccc1F. The number of para-hydroxylation sites is 1. The van der Waals surface area contributed by atoms with Gasteiger partial charge in [-0.3, -0.25) is 4.79 Å². The van der Waals surface area contributed by atoms with Crippen LogP contribution in [0.4, 0.5) is 4.39 Å². The first-order chi connectivity index (χ1) is 12.7. The smallest absolute Gasteiger partial charge is 0.272 e. The van der Waals surface area contributed by atoms with Gasteiger partial charge in [-0.2, -0.15) is 10.5 Å². The summed E-state index contributed by atoms with van der Waals surface area (Å²) in [5.74, 6) is -0.782. The molecule has 0 aliphatic carbocycles. The molecular formula is C20H15FN4O. The number of carbonyl (C=O) groups is 1. The summed E-state index contributed by atoms with van der Waals surface area (Å²) in [5, 5.41) is 18.7. The molecule has 26 heavy (non-hydrogen) atoms. The molecule has 128 valence electrons. The van der Waals surface area contributed by atoms with Crippen LogP contribution in [-0.2, 0) is 6.54 Å². The van der Waals surface area contributed by atoms with E-state index in [4.69, 9.17) is 10.5 Å². The van der Waals surface area contributed by atoms with E-state index in [1.54, 1.807) is 28.8 Å². The molecule has 3 aromatic rings. The van der Waals surface area contributed by atoms with Gasteiger partial charge in [0.05, 0.1) is 18.7 Å². The molecule has 3 rings (SSSR count). The van der Waals surface area contributed by atoms with Crippen LogP contribution in [-0.4, -0.2) is 28.5 Å². The molecule has 1 heterocycles. The lowest BCUT2D eigenvalue weighted by atomic mass is 10.2. The van der Waals surface area contributed by atoms with Crippen molar-refractivity contribution in [1.29, 1.82) is 10.5 Å². The van der Waals surface area contributed by atoms with Crippen LogP contribution in [0.5, 0.6) is 0 Å². The lowest BCUT2D eigenvalue weighted by molar-refractivity contribution is 0.0785. The van der Waals surface area contributed by atoms with Crippen molar-refractivity contribution >= 4 is 16.8 Å². The third-order valence-electron chi connectivity index (χ3n) is 4.13. The van der Waals surface area contributed by atoms with Crippen LogP contribution in [0.15, 0.2) is 54.6 Å². The maximum atomic E-state index is 14.1. The van der Waals surface area contributed by atoms with E-state index in [0.717, 1.165) is 10.9 Å². The average Bonchev–Trinajstić information content (AvgIpc) is 3.01. The fourth-order valence-electron chi connectivity index (χ4n) is 2.89. The van der Waals surface area contributed by atoms with Crippen molar-refractivity contribution in [3.05, 3.63) is 71.7 Å². The zero-order valence-electron chi connectivity index (χ0n) is 13.9. The Morgan fingerprint density at radius 2 is 1.69 bits per heavy atom. The minimum absolute atomic E-state index is 0.175. The second-order valence-electron chi connectivity index (χ2n) is 5.74. The van der Waals surface area contributed by atoms with E-state index >= 15 is 0 Å². The zero-order valence-corrected chi connectivity index (χ0v) is 13.9. The van der Waals surface area contributed by atoms with Crippen molar-refractivity contribution in [3.63, 3.8) is 0 Å². The Balaban J connectivity index is 2.11. The van der Waals surface area contributed by atoms with Crippen molar-refractivity contribution in [2.45, 2.75) is 6.54 Å². The molecule has 0 fully saturated rings. The number of fused-ring (bicyclic) bond motifs is 1. The number of amides is 1. The van der Waals surface area contributed by atoms with Gasteiger partial charge in [0, 0.05) is 16.5 Å². The van der Waals surface area contributed by atoms with E-state index in [2.05, 4.69) is 0 Å². The molecule has 6 heteroatoms. The fraction of sp³-hybridized carbons (Fsp3) is 0.150. The van der Waals surface area contributed by atoms with Gasteiger partial charge in [0.15, 0.2) is 0 Å². The molecule has 0 atom stereocenters. The standard InChI is InChI=1S/C20H15FN4O/c21-17-7-3-1-6-16(17)14-25-18-8-4-2-5-15(18)13-19(25)20(26)24(11-9-22)12-10-23/h1-8,13H,11-12,14H2. The van der Waals surface area contributed by atoms with Crippen LogP contribution in [0.3, 0.4) is 0 Å². The first-order valence-corrected chi connectivity index (χ1v) is 8.00. The van der Waals surface area contributed by atoms with Gasteiger partial charge in [-0.25, -0.2) is 4.39 Å². The van der Waals surface area contributed by atoms with Crippen LogP contribution >= 0.6 is 0 Å². The summed E-state index contributed by atoms with van der Waals surface area (Å²) in [6, 6.07) is 19.3. The summed E-state index contributed by atoms with van der Waals surface area (Å²) < 4.78 is 15.8. The highest BCUT2D eigenvalue weighted by Crippen LogP contribution is 2.23. The maximum Gasteiger partial charge on any atom is 0.272 e. The van der Waals surface area contributed by atoms with E-state index in [0.29, 0.717) is 11.3 Å². The number of rotatable bonds is 5. The van der Waals surface area contributed by atoms with E-state index in [-0.39, 0.29) is 25.5 Å². The minimum atomic E-state index is -0.430. The Labute approximate surface area is 150 Å². The van der Waals surface area contributed by atoms with Crippen molar-refractivity contribution in [2.24, 2.45) is 0 Å². The van der Waals surface area contributed by atoms with Crippen molar-refractivity contribution in [3.8, 4) is 12.1 Å². The highest BCUT2D eigenvalue weighted by Gasteiger charge is 2.21. The molecule has 0 bridgehead atoms. The summed E-state index contributed by atoms with van der Waals surface area (Å²) in [6.07, 6.45) is 0. The number of nitriles is 2. The molecule has 0 aliphatic rings. The largest absolute Gasteiger partial charge is 0.332 e. The van der Waals surface area contributed by atoms with Crippen LogP contribution in [0.25, 0.3) is 10.9 Å². The Hall–Kier alpha value is -3.64. The topological polar surface area (TPSA) is 72.8 Å². The number of aromatic nitrogens is 1. The predicted molar refractivity (Wildman–Crippen MR) is 94.6 cm³/mol. The molecule has 1 aromatic heterocycles. The second-order valence-corrected chi connectivity index (χ2v) is 5.74. The second kappa shape index (κ2) is 7.50. The summed E-state index contributed by atoms with van der Waals surface area (Å²) in [4.78, 5) is 14.1. The third kappa shape index (κ3) is 3.26. The Bertz CT molecular complexity index is 1030. The first-order valence-electron chi connectivity index (χ1n) is 8.00. The number of hydrogen-bond acceptors (Lipinski definition) is 3. The van der Waals surface area contributed by atoms with Gasteiger partial charge in [-0.15, -0.1) is 0 Å². The van der Waals surface area contributed by atoms with E-state index < -0.39 is 5.91 Å². The molecule has 0 saturated heterocycles. The summed E-state index contributed by atoms with van der Waals surface area (Å²) in [5.41, 5.74) is 1.56. The Kier molecular flexibility index (Phi) is 4.96. The van der Waals surface area contributed by atoms with Gasteiger partial charge in [0.1, 0.15) is 24.6 Å². The summed E-state index contributed by atoms with van der Waals surface area (Å²) >= 11 is 0. The monoisotopic (exact) mass is 346 g/mol. The molecule has 0 spiro atoms. The molecule has 5 nitrogen and oxygen atoms in total. The van der Waals surface area contributed by atoms with Crippen LogP contribution in [0.2, 0.25) is 0 Å². The van der Waals surface area contributed by atoms with E-state index in [1.807, 2.05) is 36.4 Å². The molecular weight excluding hydrogens is 331 g/mol. The average molecular weight is 346 g/mol. The third-order valence-corrected chi connectivity index (χ3v) is 4.13. The molecule has 0 aliphatic heterocycles. The van der Waals surface area contributed by atoms with Crippen molar-refractivity contribution in [2.75, 3.05) is 13.1 Å². The number of hydrogen-bond donors (Lipinski definition) is 0. The highest BCUT2D eigenvalue weighted by molar-refractivity contribution is 5.99. The predicted octanol–water partition coefficient (Wildman–Crippen LogP) is 3.32. The van der Waals surface area contributed by atoms with E-state index in [9.17, 15) is 9.18 Å². The fourth-order valence-corrected chi connectivity index (χ4v) is 2.89. The number of benzene rings is 2. The van der Waals surface area contributed by atoms with Crippen LogP contribution < -0.4 is 0 Å². The van der Waals surface area contributed by atoms with Gasteiger partial charge in [-0.05, 0) is 18.2 Å². The van der Waals surface area contributed by atoms with Gasteiger partial charge in [0.2, 0.25) is 0 Å². The van der Waals surface area contributed by atoms with Gasteiger partial charge in [-0.1, -0.05) is 36.4 Å². The van der Waals surface area contributed by atoms with Gasteiger partial charge in [0.25, 0.3) is 5.91 Å². The number of halogens is 1. The Morgan fingerprint density at radius 3 is 2.38 bits per heavy atom. The highest BCUT2D eigenvalue weighted by atomic mass is 19.1. The summed E-state index contributed by atoms with van der Waals surface area (Å²) in [7, 11) is 0. The lowest BCUT2D eigenvalue weighted by Crippen LogP contribution is -2.33. The molecule has 0 N–H and O–H groups in total. The molecule has 0 unspecified atom stereocenters. The molecule has 1 amide bonds. The number of carbonyl (C=O) groups excluding carboxylic acids is 1. The van der Waals surface area contributed by atoms with Crippen LogP contribution in [0, 0.1) is 28.5 Å². The summed E-state index contributed by atoms with van der Waals surface area (Å²) in [6.45, 7) is -0.199. The molecule has 0 radical (unpaired) electrons. The van der Waals surface area contributed by atoms with Gasteiger partial charge >= 0.3 is 0 Å². The Morgan fingerprint density at radius 1 is 1.04 bits per heavy atom. The maximum absolute atomic E-state index is 14.1. The van der Waals surface area contributed by atoms with E-state index in [1.165, 1.54) is 11.0 Å². The molecule has 2 aromatic carbocycles. The quantitative estimate of drug-likeness (QED) is 0.665. The first kappa shape index (κ1) is 17.2. The van der Waals surface area contributed by atoms with Crippen molar-refractivity contribution < 1.29 is 9.18 Å².